The molecule has 2 aromatic rings. The number of aromatic nitrogens is 2. The first kappa shape index (κ1) is 14.3. The van der Waals surface area contributed by atoms with Gasteiger partial charge in [0.05, 0.1) is 15.9 Å². The summed E-state index contributed by atoms with van der Waals surface area (Å²) in [5.41, 5.74) is 0.731. The molecule has 21 heavy (non-hydrogen) atoms. The Balaban J connectivity index is 1.71. The van der Waals surface area contributed by atoms with Crippen molar-refractivity contribution in [2.24, 2.45) is 0 Å². The third-order valence-corrected chi connectivity index (χ3v) is 5.20. The largest absolute Gasteiger partial charge is 0.323 e. The van der Waals surface area contributed by atoms with Gasteiger partial charge in [0.2, 0.25) is 10.0 Å². The predicted octanol–water partition coefficient (Wildman–Crippen LogP) is 0.277. The highest BCUT2D eigenvalue weighted by molar-refractivity contribution is 7.89. The van der Waals surface area contributed by atoms with Crippen molar-refractivity contribution in [2.75, 3.05) is 13.1 Å². The molecule has 1 aliphatic rings. The maximum Gasteiger partial charge on any atom is 0.323 e. The van der Waals surface area contributed by atoms with Gasteiger partial charge < -0.3 is 15.3 Å². The van der Waals surface area contributed by atoms with Crippen LogP contribution in [0.5, 0.6) is 0 Å². The van der Waals surface area contributed by atoms with Crippen LogP contribution in [0, 0.1) is 0 Å². The first-order valence-electron chi connectivity index (χ1n) is 7.00. The quantitative estimate of drug-likeness (QED) is 0.636. The smallest absolute Gasteiger partial charge is 0.314 e. The number of hydrogen-bond donors (Lipinski definition) is 4. The molecule has 3 rings (SSSR count). The van der Waals surface area contributed by atoms with Gasteiger partial charge in [0.25, 0.3) is 0 Å². The highest BCUT2D eigenvalue weighted by Crippen LogP contribution is 2.15. The maximum absolute atomic E-state index is 12.2. The van der Waals surface area contributed by atoms with E-state index in [1.54, 1.807) is 6.07 Å². The molecular formula is C13H18N4O3S. The number of rotatable bonds is 5. The average molecular weight is 310 g/mol. The van der Waals surface area contributed by atoms with E-state index >= 15 is 0 Å². The third kappa shape index (κ3) is 3.17. The van der Waals surface area contributed by atoms with Crippen LogP contribution >= 0.6 is 0 Å². The molecule has 4 N–H and O–H groups in total. The van der Waals surface area contributed by atoms with Gasteiger partial charge in [0.15, 0.2) is 0 Å². The first-order chi connectivity index (χ1) is 10.0. The molecule has 1 aromatic heterocycles. The summed E-state index contributed by atoms with van der Waals surface area (Å²) in [7, 11) is -3.55. The lowest BCUT2D eigenvalue weighted by Crippen LogP contribution is -2.30. The second-order valence-corrected chi connectivity index (χ2v) is 7.03. The van der Waals surface area contributed by atoms with Gasteiger partial charge in [-0.05, 0) is 44.0 Å². The molecular weight excluding hydrogens is 292 g/mol. The van der Waals surface area contributed by atoms with E-state index < -0.39 is 10.0 Å². The number of hydrogen-bond acceptors (Lipinski definition) is 4. The van der Waals surface area contributed by atoms with E-state index in [9.17, 15) is 13.2 Å². The Morgan fingerprint density at radius 1 is 1.24 bits per heavy atom. The van der Waals surface area contributed by atoms with E-state index in [-0.39, 0.29) is 10.6 Å². The van der Waals surface area contributed by atoms with Crippen molar-refractivity contribution in [3.8, 4) is 0 Å². The van der Waals surface area contributed by atoms with Crippen molar-refractivity contribution in [3.05, 3.63) is 28.7 Å². The SMILES string of the molecule is O=c1[nH]c2ccc(S(=O)(=O)NCCC3CCCN3)cc2[nH]1. The Labute approximate surface area is 122 Å². The van der Waals surface area contributed by atoms with Gasteiger partial charge in [-0.25, -0.2) is 17.9 Å². The van der Waals surface area contributed by atoms with Crippen molar-refractivity contribution in [2.45, 2.75) is 30.2 Å². The number of H-pyrrole nitrogens is 2. The average Bonchev–Trinajstić information content (AvgIpc) is 3.05. The molecule has 1 atom stereocenters. The normalized spacial score (nSPS) is 19.3. The highest BCUT2D eigenvalue weighted by Gasteiger charge is 2.17. The van der Waals surface area contributed by atoms with Gasteiger partial charge in [-0.2, -0.15) is 0 Å². The van der Waals surface area contributed by atoms with Crippen molar-refractivity contribution in [1.82, 2.24) is 20.0 Å². The van der Waals surface area contributed by atoms with Crippen LogP contribution in [0.15, 0.2) is 27.9 Å². The molecule has 0 amide bonds. The number of fused-ring (bicyclic) bond motifs is 1. The summed E-state index contributed by atoms with van der Waals surface area (Å²) in [6.45, 7) is 1.41. The summed E-state index contributed by atoms with van der Waals surface area (Å²) in [5, 5.41) is 3.33. The lowest BCUT2D eigenvalue weighted by molar-refractivity contribution is 0.539. The number of nitrogens with one attached hydrogen (secondary N) is 4. The summed E-state index contributed by atoms with van der Waals surface area (Å²) >= 11 is 0. The Kier molecular flexibility index (Phi) is 3.83. The first-order valence-corrected chi connectivity index (χ1v) is 8.48. The number of imidazole rings is 1. The fourth-order valence-electron chi connectivity index (χ4n) is 2.63. The van der Waals surface area contributed by atoms with E-state index in [0.717, 1.165) is 25.8 Å². The Bertz CT molecular complexity index is 787. The molecule has 0 spiro atoms. The topological polar surface area (TPSA) is 107 Å². The van der Waals surface area contributed by atoms with Crippen molar-refractivity contribution >= 4 is 21.1 Å². The molecule has 1 aliphatic heterocycles. The summed E-state index contributed by atoms with van der Waals surface area (Å²) in [4.78, 5) is 16.5. The van der Waals surface area contributed by atoms with E-state index in [1.807, 2.05) is 0 Å². The van der Waals surface area contributed by atoms with Gasteiger partial charge in [-0.15, -0.1) is 0 Å². The van der Waals surface area contributed by atoms with Crippen molar-refractivity contribution in [3.63, 3.8) is 0 Å². The molecule has 0 aliphatic carbocycles. The molecule has 0 radical (unpaired) electrons. The summed E-state index contributed by atoms with van der Waals surface area (Å²) < 4.78 is 27.0. The Hall–Kier alpha value is -1.64. The molecule has 7 nitrogen and oxygen atoms in total. The van der Waals surface area contributed by atoms with Crippen LogP contribution in [0.2, 0.25) is 0 Å². The van der Waals surface area contributed by atoms with Gasteiger partial charge in [0.1, 0.15) is 0 Å². The van der Waals surface area contributed by atoms with E-state index in [4.69, 9.17) is 0 Å². The summed E-state index contributed by atoms with van der Waals surface area (Å²) in [6.07, 6.45) is 3.02. The van der Waals surface area contributed by atoms with Crippen LogP contribution < -0.4 is 15.7 Å². The second-order valence-electron chi connectivity index (χ2n) is 5.27. The number of benzene rings is 1. The zero-order chi connectivity index (χ0) is 14.9. The second kappa shape index (κ2) is 5.63. The van der Waals surface area contributed by atoms with Crippen LogP contribution in [0.25, 0.3) is 11.0 Å². The Morgan fingerprint density at radius 2 is 2.05 bits per heavy atom. The molecule has 2 heterocycles. The highest BCUT2D eigenvalue weighted by atomic mass is 32.2. The van der Waals surface area contributed by atoms with Crippen LogP contribution in [0.3, 0.4) is 0 Å². The molecule has 0 saturated carbocycles. The molecule has 1 fully saturated rings. The third-order valence-electron chi connectivity index (χ3n) is 3.74. The minimum atomic E-state index is -3.55. The monoisotopic (exact) mass is 310 g/mol. The van der Waals surface area contributed by atoms with E-state index in [2.05, 4.69) is 20.0 Å². The van der Waals surface area contributed by atoms with Gasteiger partial charge in [-0.1, -0.05) is 0 Å². The number of sulfonamides is 1. The summed E-state index contributed by atoms with van der Waals surface area (Å²) in [5.74, 6) is 0. The number of aromatic amines is 2. The van der Waals surface area contributed by atoms with Crippen LogP contribution in [-0.2, 0) is 10.0 Å². The molecule has 1 saturated heterocycles. The fraction of sp³-hybridized carbons (Fsp3) is 0.462. The van der Waals surface area contributed by atoms with Gasteiger partial charge >= 0.3 is 5.69 Å². The Morgan fingerprint density at radius 3 is 2.81 bits per heavy atom. The van der Waals surface area contributed by atoms with Crippen LogP contribution in [0.4, 0.5) is 0 Å². The minimum absolute atomic E-state index is 0.157. The minimum Gasteiger partial charge on any atom is -0.314 e. The van der Waals surface area contributed by atoms with Gasteiger partial charge in [-0.3, -0.25) is 0 Å². The van der Waals surface area contributed by atoms with Crippen molar-refractivity contribution in [1.29, 1.82) is 0 Å². The van der Waals surface area contributed by atoms with Crippen LogP contribution in [0.1, 0.15) is 19.3 Å². The zero-order valence-electron chi connectivity index (χ0n) is 11.5. The maximum atomic E-state index is 12.2. The molecule has 1 aromatic carbocycles. The lowest BCUT2D eigenvalue weighted by Gasteiger charge is -2.11. The predicted molar refractivity (Wildman–Crippen MR) is 79.7 cm³/mol. The van der Waals surface area contributed by atoms with E-state index in [0.29, 0.717) is 23.6 Å². The summed E-state index contributed by atoms with van der Waals surface area (Å²) in [6, 6.07) is 4.93. The molecule has 1 unspecified atom stereocenters. The fourth-order valence-corrected chi connectivity index (χ4v) is 3.71. The lowest BCUT2D eigenvalue weighted by atomic mass is 10.2. The molecule has 114 valence electrons. The van der Waals surface area contributed by atoms with Gasteiger partial charge in [0, 0.05) is 12.6 Å². The standard InChI is InChI=1S/C13H18N4O3S/c18-13-16-11-4-3-10(8-12(11)17-13)21(19,20)15-7-5-9-2-1-6-14-9/h3-4,8-9,14-15H,1-2,5-7H2,(H2,16,17,18). The molecule has 0 bridgehead atoms. The van der Waals surface area contributed by atoms with Crippen molar-refractivity contribution < 1.29 is 8.42 Å². The van der Waals surface area contributed by atoms with E-state index in [1.165, 1.54) is 12.1 Å². The molecule has 8 heteroatoms. The van der Waals surface area contributed by atoms with Crippen LogP contribution in [-0.4, -0.2) is 37.5 Å². The zero-order valence-corrected chi connectivity index (χ0v) is 12.3.